The van der Waals surface area contributed by atoms with Crippen LogP contribution >= 0.6 is 11.8 Å². The number of ether oxygens (including phenoxy) is 1. The summed E-state index contributed by atoms with van der Waals surface area (Å²) in [5.41, 5.74) is 0.176. The maximum absolute atomic E-state index is 12.8. The number of aliphatic hydroxyl groups is 1. The number of carbonyl (C=O) groups is 1. The molecule has 126 valence electrons. The van der Waals surface area contributed by atoms with Crippen LogP contribution in [0.5, 0.6) is 0 Å². The lowest BCUT2D eigenvalue weighted by Crippen LogP contribution is -2.69. The average Bonchev–Trinajstić information content (AvgIpc) is 2.61. The minimum absolute atomic E-state index is 0.0326. The summed E-state index contributed by atoms with van der Waals surface area (Å²) in [6, 6.07) is 3.64. The monoisotopic (exact) mass is 336 g/mol. The van der Waals surface area contributed by atoms with Crippen molar-refractivity contribution >= 4 is 17.7 Å². The number of thioether (sulfide) groups is 1. The van der Waals surface area contributed by atoms with Crippen LogP contribution in [-0.2, 0) is 4.74 Å². The topological polar surface area (TPSA) is 62.7 Å². The van der Waals surface area contributed by atoms with Crippen molar-refractivity contribution in [3.63, 3.8) is 0 Å². The van der Waals surface area contributed by atoms with E-state index in [2.05, 4.69) is 11.9 Å². The molecule has 0 unspecified atom stereocenters. The number of rotatable bonds is 3. The first-order chi connectivity index (χ1) is 11.0. The van der Waals surface area contributed by atoms with Crippen molar-refractivity contribution in [1.82, 2.24) is 9.88 Å². The number of aromatic nitrogens is 1. The van der Waals surface area contributed by atoms with Crippen molar-refractivity contribution in [3.8, 4) is 0 Å². The second kappa shape index (κ2) is 6.07. The Labute approximate surface area is 141 Å². The third kappa shape index (κ3) is 2.47. The van der Waals surface area contributed by atoms with Crippen molar-refractivity contribution in [1.29, 1.82) is 0 Å². The number of nitrogens with zero attached hydrogens (tertiary/aromatic N) is 2. The van der Waals surface area contributed by atoms with Crippen LogP contribution in [-0.4, -0.2) is 59.1 Å². The summed E-state index contributed by atoms with van der Waals surface area (Å²) in [5.74, 6) is 0.0326. The summed E-state index contributed by atoms with van der Waals surface area (Å²) in [4.78, 5) is 18.9. The van der Waals surface area contributed by atoms with Crippen LogP contribution in [0.4, 0.5) is 0 Å². The van der Waals surface area contributed by atoms with Crippen molar-refractivity contribution < 1.29 is 14.6 Å². The van der Waals surface area contributed by atoms with Crippen molar-refractivity contribution in [2.45, 2.75) is 42.9 Å². The van der Waals surface area contributed by atoms with Crippen molar-refractivity contribution in [3.05, 3.63) is 23.9 Å². The Hall–Kier alpha value is -1.11. The van der Waals surface area contributed by atoms with Crippen LogP contribution in [0.15, 0.2) is 23.4 Å². The second-order valence-electron chi connectivity index (χ2n) is 6.66. The van der Waals surface area contributed by atoms with E-state index >= 15 is 0 Å². The Balaban J connectivity index is 1.73. The van der Waals surface area contributed by atoms with Gasteiger partial charge >= 0.3 is 0 Å². The highest BCUT2D eigenvalue weighted by atomic mass is 32.2. The molecule has 1 aliphatic heterocycles. The number of carbonyl (C=O) groups excluding carboxylic acids is 1. The lowest BCUT2D eigenvalue weighted by atomic mass is 9.51. The SMILES string of the molecule is CO[C@@]1(C)C[C@@H](O)C12CCN(C(=O)c1cccnc1SC)CC2. The van der Waals surface area contributed by atoms with E-state index in [0.29, 0.717) is 25.1 Å². The molecule has 1 aromatic heterocycles. The van der Waals surface area contributed by atoms with E-state index < -0.39 is 0 Å². The van der Waals surface area contributed by atoms with Gasteiger partial charge in [0, 0.05) is 38.2 Å². The largest absolute Gasteiger partial charge is 0.392 e. The average molecular weight is 336 g/mol. The fourth-order valence-corrected chi connectivity index (χ4v) is 4.67. The molecule has 0 aromatic carbocycles. The zero-order chi connectivity index (χ0) is 16.7. The Morgan fingerprint density at radius 3 is 2.74 bits per heavy atom. The van der Waals surface area contributed by atoms with Gasteiger partial charge in [-0.2, -0.15) is 0 Å². The molecule has 0 radical (unpaired) electrons. The van der Waals surface area contributed by atoms with Gasteiger partial charge in [0.2, 0.25) is 0 Å². The Bertz CT molecular complexity index is 601. The molecular formula is C17H24N2O3S. The van der Waals surface area contributed by atoms with Crippen LogP contribution in [0.3, 0.4) is 0 Å². The number of pyridine rings is 1. The van der Waals surface area contributed by atoms with Crippen LogP contribution in [0.1, 0.15) is 36.5 Å². The van der Waals surface area contributed by atoms with E-state index in [1.165, 1.54) is 11.8 Å². The molecule has 3 rings (SSSR count). The zero-order valence-electron chi connectivity index (χ0n) is 13.9. The molecule has 2 aliphatic rings. The predicted molar refractivity (Wildman–Crippen MR) is 89.6 cm³/mol. The Morgan fingerprint density at radius 1 is 1.48 bits per heavy atom. The maximum atomic E-state index is 12.8. The number of amides is 1. The highest BCUT2D eigenvalue weighted by molar-refractivity contribution is 7.98. The lowest BCUT2D eigenvalue weighted by Gasteiger charge is -2.62. The molecule has 6 heteroatoms. The molecule has 2 fully saturated rings. The van der Waals surface area contributed by atoms with Gasteiger partial charge in [-0.25, -0.2) is 4.98 Å². The second-order valence-corrected chi connectivity index (χ2v) is 7.46. The summed E-state index contributed by atoms with van der Waals surface area (Å²) < 4.78 is 5.68. The normalized spacial score (nSPS) is 29.4. The molecule has 0 bridgehead atoms. The third-order valence-corrected chi connectivity index (χ3v) is 6.57. The summed E-state index contributed by atoms with van der Waals surface area (Å²) in [6.45, 7) is 3.37. The van der Waals surface area contributed by atoms with Crippen LogP contribution < -0.4 is 0 Å². The van der Waals surface area contributed by atoms with Gasteiger partial charge < -0.3 is 14.7 Å². The molecule has 1 N–H and O–H groups in total. The molecule has 23 heavy (non-hydrogen) atoms. The maximum Gasteiger partial charge on any atom is 0.256 e. The minimum Gasteiger partial charge on any atom is -0.392 e. The number of methoxy groups -OCH3 is 1. The molecule has 1 aromatic rings. The number of likely N-dealkylation sites (tertiary alicyclic amines) is 1. The molecule has 2 heterocycles. The first-order valence-electron chi connectivity index (χ1n) is 7.99. The summed E-state index contributed by atoms with van der Waals surface area (Å²) >= 11 is 1.49. The number of hydrogen-bond donors (Lipinski definition) is 1. The van der Waals surface area contributed by atoms with Gasteiger partial charge in [0.25, 0.3) is 5.91 Å². The van der Waals surface area contributed by atoms with Crippen LogP contribution in [0, 0.1) is 5.41 Å². The fourth-order valence-electron chi connectivity index (χ4n) is 4.13. The standard InChI is InChI=1S/C17H24N2O3S/c1-16(22-2)11-13(20)17(16)6-9-19(10-7-17)15(21)12-5-4-8-18-14(12)23-3/h4-5,8,13,20H,6-7,9-11H2,1-3H3/t13-,16+/m1/s1. The molecule has 5 nitrogen and oxygen atoms in total. The third-order valence-electron chi connectivity index (χ3n) is 5.86. The summed E-state index contributed by atoms with van der Waals surface area (Å²) in [5, 5.41) is 11.1. The molecule has 1 spiro atoms. The number of hydrogen-bond acceptors (Lipinski definition) is 5. The fraction of sp³-hybridized carbons (Fsp3) is 0.647. The zero-order valence-corrected chi connectivity index (χ0v) is 14.7. The van der Waals surface area contributed by atoms with Crippen molar-refractivity contribution in [2.75, 3.05) is 26.5 Å². The van der Waals surface area contributed by atoms with Crippen LogP contribution in [0.25, 0.3) is 0 Å². The Morgan fingerprint density at radius 2 is 2.17 bits per heavy atom. The smallest absolute Gasteiger partial charge is 0.256 e. The number of aliphatic hydroxyl groups excluding tert-OH is 1. The van der Waals surface area contributed by atoms with Gasteiger partial charge in [0.1, 0.15) is 5.03 Å². The quantitative estimate of drug-likeness (QED) is 0.858. The minimum atomic E-state index is -0.329. The van der Waals surface area contributed by atoms with Gasteiger partial charge in [-0.15, -0.1) is 11.8 Å². The molecular weight excluding hydrogens is 312 g/mol. The first kappa shape index (κ1) is 16.7. The molecule has 1 amide bonds. The molecule has 1 saturated heterocycles. The molecule has 2 atom stereocenters. The lowest BCUT2D eigenvalue weighted by molar-refractivity contribution is -0.259. The van der Waals surface area contributed by atoms with E-state index in [0.717, 1.165) is 17.9 Å². The van der Waals surface area contributed by atoms with E-state index in [1.54, 1.807) is 19.4 Å². The predicted octanol–water partition coefficient (Wildman–Crippen LogP) is 2.20. The van der Waals surface area contributed by atoms with Crippen molar-refractivity contribution in [2.24, 2.45) is 5.41 Å². The van der Waals surface area contributed by atoms with E-state index in [-0.39, 0.29) is 23.0 Å². The highest BCUT2D eigenvalue weighted by Crippen LogP contribution is 2.58. The highest BCUT2D eigenvalue weighted by Gasteiger charge is 2.63. The number of piperidine rings is 1. The molecule has 1 aliphatic carbocycles. The first-order valence-corrected chi connectivity index (χ1v) is 9.21. The summed E-state index contributed by atoms with van der Waals surface area (Å²) in [7, 11) is 1.71. The van der Waals surface area contributed by atoms with Gasteiger partial charge in [0.05, 0.1) is 17.3 Å². The summed E-state index contributed by atoms with van der Waals surface area (Å²) in [6.07, 6.45) is 5.54. The van der Waals surface area contributed by atoms with E-state index in [1.807, 2.05) is 17.2 Å². The molecule has 1 saturated carbocycles. The van der Waals surface area contributed by atoms with Gasteiger partial charge in [-0.3, -0.25) is 4.79 Å². The van der Waals surface area contributed by atoms with Crippen LogP contribution in [0.2, 0.25) is 0 Å². The van der Waals surface area contributed by atoms with E-state index in [4.69, 9.17) is 4.74 Å². The van der Waals surface area contributed by atoms with Gasteiger partial charge in [-0.1, -0.05) is 0 Å². The van der Waals surface area contributed by atoms with Gasteiger partial charge in [0.15, 0.2) is 0 Å². The van der Waals surface area contributed by atoms with Gasteiger partial charge in [-0.05, 0) is 38.2 Å². The Kier molecular flexibility index (Phi) is 4.42. The van der Waals surface area contributed by atoms with E-state index in [9.17, 15) is 9.90 Å².